The van der Waals surface area contributed by atoms with Crippen LogP contribution in [0.15, 0.2) is 18.2 Å². The number of aromatic amines is 1. The van der Waals surface area contributed by atoms with Gasteiger partial charge in [-0.15, -0.1) is 0 Å². The Hall–Kier alpha value is -2.57. The minimum absolute atomic E-state index is 0.0666. The Bertz CT molecular complexity index is 609. The smallest absolute Gasteiger partial charge is 0.359 e. The standard InChI is InChI=1S/C13H15N3O4/c1-3-4-8-5-6-9(19-2)7-10(8)20-12-11(13(17)18)14-16-15-12/h5-7H,3-4H2,1-2H3,(H,17,18)(H,14,15,16). The van der Waals surface area contributed by atoms with E-state index in [4.69, 9.17) is 14.6 Å². The quantitative estimate of drug-likeness (QED) is 0.840. The molecular weight excluding hydrogens is 262 g/mol. The average molecular weight is 277 g/mol. The van der Waals surface area contributed by atoms with Gasteiger partial charge >= 0.3 is 5.97 Å². The van der Waals surface area contributed by atoms with Crippen molar-refractivity contribution in [3.05, 3.63) is 29.5 Å². The number of ether oxygens (including phenoxy) is 2. The second-order valence-electron chi connectivity index (χ2n) is 4.12. The molecule has 2 rings (SSSR count). The van der Waals surface area contributed by atoms with Crippen LogP contribution in [0.2, 0.25) is 0 Å². The van der Waals surface area contributed by atoms with Crippen molar-refractivity contribution in [3.8, 4) is 17.4 Å². The zero-order chi connectivity index (χ0) is 14.5. The lowest BCUT2D eigenvalue weighted by Gasteiger charge is -2.10. The highest BCUT2D eigenvalue weighted by atomic mass is 16.5. The lowest BCUT2D eigenvalue weighted by molar-refractivity contribution is 0.0687. The van der Waals surface area contributed by atoms with Gasteiger partial charge in [0.25, 0.3) is 5.88 Å². The number of carboxylic acid groups (broad SMARTS) is 1. The van der Waals surface area contributed by atoms with Crippen LogP contribution in [0.25, 0.3) is 0 Å². The van der Waals surface area contributed by atoms with Crippen LogP contribution in [-0.2, 0) is 6.42 Å². The molecule has 7 heteroatoms. The molecule has 0 aliphatic rings. The van der Waals surface area contributed by atoms with Crippen LogP contribution in [-0.4, -0.2) is 33.6 Å². The Morgan fingerprint density at radius 1 is 1.45 bits per heavy atom. The number of rotatable bonds is 6. The highest BCUT2D eigenvalue weighted by molar-refractivity contribution is 5.87. The van der Waals surface area contributed by atoms with Crippen molar-refractivity contribution in [2.75, 3.05) is 7.11 Å². The minimum Gasteiger partial charge on any atom is -0.497 e. The molecule has 0 saturated heterocycles. The molecule has 0 aliphatic carbocycles. The van der Waals surface area contributed by atoms with E-state index in [9.17, 15) is 4.79 Å². The zero-order valence-corrected chi connectivity index (χ0v) is 11.2. The van der Waals surface area contributed by atoms with Gasteiger partial charge in [0.2, 0.25) is 5.69 Å². The van der Waals surface area contributed by atoms with Gasteiger partial charge in [0.15, 0.2) is 0 Å². The topological polar surface area (TPSA) is 97.3 Å². The lowest BCUT2D eigenvalue weighted by atomic mass is 10.1. The summed E-state index contributed by atoms with van der Waals surface area (Å²) in [6.45, 7) is 2.05. The molecule has 20 heavy (non-hydrogen) atoms. The fraction of sp³-hybridized carbons (Fsp3) is 0.308. The molecule has 1 aromatic carbocycles. The van der Waals surface area contributed by atoms with Gasteiger partial charge in [0, 0.05) is 6.07 Å². The molecule has 106 valence electrons. The molecule has 2 N–H and O–H groups in total. The van der Waals surface area contributed by atoms with Gasteiger partial charge in [-0.25, -0.2) is 9.89 Å². The summed E-state index contributed by atoms with van der Waals surface area (Å²) in [6, 6.07) is 5.42. The van der Waals surface area contributed by atoms with Gasteiger partial charge in [-0.05, 0) is 18.1 Å². The van der Waals surface area contributed by atoms with Gasteiger partial charge in [-0.2, -0.15) is 0 Å². The van der Waals surface area contributed by atoms with Crippen LogP contribution in [0.4, 0.5) is 0 Å². The first-order valence-electron chi connectivity index (χ1n) is 6.14. The molecule has 0 fully saturated rings. The van der Waals surface area contributed by atoms with Crippen molar-refractivity contribution in [2.45, 2.75) is 19.8 Å². The Morgan fingerprint density at radius 2 is 2.25 bits per heavy atom. The van der Waals surface area contributed by atoms with E-state index >= 15 is 0 Å². The first kappa shape index (κ1) is 13.9. The Balaban J connectivity index is 2.35. The number of aromatic carboxylic acids is 1. The van der Waals surface area contributed by atoms with Crippen LogP contribution in [0.3, 0.4) is 0 Å². The summed E-state index contributed by atoms with van der Waals surface area (Å²) < 4.78 is 10.7. The molecule has 0 atom stereocenters. The van der Waals surface area contributed by atoms with Gasteiger partial charge in [-0.1, -0.05) is 29.7 Å². The Morgan fingerprint density at radius 3 is 2.90 bits per heavy atom. The van der Waals surface area contributed by atoms with Crippen LogP contribution >= 0.6 is 0 Å². The van der Waals surface area contributed by atoms with Gasteiger partial charge < -0.3 is 14.6 Å². The first-order chi connectivity index (χ1) is 9.65. The Kier molecular flexibility index (Phi) is 4.19. The highest BCUT2D eigenvalue weighted by Gasteiger charge is 2.18. The summed E-state index contributed by atoms with van der Waals surface area (Å²) in [6.07, 6.45) is 1.74. The number of carbonyl (C=O) groups is 1. The maximum Gasteiger partial charge on any atom is 0.359 e. The fourth-order valence-electron chi connectivity index (χ4n) is 1.77. The number of nitrogens with zero attached hydrogens (tertiary/aromatic N) is 2. The lowest BCUT2D eigenvalue weighted by Crippen LogP contribution is -2.01. The van der Waals surface area contributed by atoms with Crippen molar-refractivity contribution in [1.29, 1.82) is 0 Å². The number of hydrogen-bond donors (Lipinski definition) is 2. The maximum absolute atomic E-state index is 11.0. The summed E-state index contributed by atoms with van der Waals surface area (Å²) >= 11 is 0. The molecule has 1 aromatic heterocycles. The molecule has 0 bridgehead atoms. The summed E-state index contributed by atoms with van der Waals surface area (Å²) in [5, 5.41) is 18.4. The van der Waals surface area contributed by atoms with E-state index in [1.807, 2.05) is 19.1 Å². The van der Waals surface area contributed by atoms with E-state index in [0.29, 0.717) is 11.5 Å². The number of H-pyrrole nitrogens is 1. The second-order valence-corrected chi connectivity index (χ2v) is 4.12. The monoisotopic (exact) mass is 277 g/mol. The third-order valence-electron chi connectivity index (χ3n) is 2.73. The van der Waals surface area contributed by atoms with E-state index in [-0.39, 0.29) is 11.6 Å². The number of hydrogen-bond acceptors (Lipinski definition) is 5. The van der Waals surface area contributed by atoms with E-state index in [1.165, 1.54) is 0 Å². The predicted molar refractivity (Wildman–Crippen MR) is 70.4 cm³/mol. The number of aromatic nitrogens is 3. The number of aryl methyl sites for hydroxylation is 1. The van der Waals surface area contributed by atoms with E-state index < -0.39 is 5.97 Å². The number of methoxy groups -OCH3 is 1. The molecular formula is C13H15N3O4. The Labute approximate surface area is 115 Å². The molecule has 0 unspecified atom stereocenters. The minimum atomic E-state index is -1.18. The maximum atomic E-state index is 11.0. The number of benzene rings is 1. The summed E-state index contributed by atoms with van der Waals surface area (Å²) in [7, 11) is 1.55. The number of carboxylic acids is 1. The van der Waals surface area contributed by atoms with Crippen LogP contribution in [0.1, 0.15) is 29.4 Å². The molecule has 0 radical (unpaired) electrons. The molecule has 0 saturated carbocycles. The van der Waals surface area contributed by atoms with Crippen LogP contribution in [0, 0.1) is 0 Å². The number of nitrogens with one attached hydrogen (secondary N) is 1. The van der Waals surface area contributed by atoms with E-state index in [0.717, 1.165) is 18.4 Å². The zero-order valence-electron chi connectivity index (χ0n) is 11.2. The van der Waals surface area contributed by atoms with Crippen LogP contribution in [0.5, 0.6) is 17.4 Å². The third kappa shape index (κ3) is 2.87. The SMILES string of the molecule is CCCc1ccc(OC)cc1Oc1nn[nH]c1C(=O)O. The summed E-state index contributed by atoms with van der Waals surface area (Å²) in [5.41, 5.74) is 0.767. The highest BCUT2D eigenvalue weighted by Crippen LogP contribution is 2.30. The van der Waals surface area contributed by atoms with Crippen molar-refractivity contribution < 1.29 is 19.4 Å². The molecule has 0 amide bonds. The van der Waals surface area contributed by atoms with Gasteiger partial charge in [0.05, 0.1) is 7.11 Å². The molecule has 0 aliphatic heterocycles. The largest absolute Gasteiger partial charge is 0.497 e. The first-order valence-corrected chi connectivity index (χ1v) is 6.14. The fourth-order valence-corrected chi connectivity index (χ4v) is 1.77. The molecule has 2 aromatic rings. The van der Waals surface area contributed by atoms with E-state index in [2.05, 4.69) is 15.4 Å². The van der Waals surface area contributed by atoms with Crippen LogP contribution < -0.4 is 9.47 Å². The molecule has 1 heterocycles. The molecule has 7 nitrogen and oxygen atoms in total. The van der Waals surface area contributed by atoms with Crippen molar-refractivity contribution >= 4 is 5.97 Å². The van der Waals surface area contributed by atoms with Crippen molar-refractivity contribution in [1.82, 2.24) is 15.4 Å². The molecule has 0 spiro atoms. The van der Waals surface area contributed by atoms with Gasteiger partial charge in [0.1, 0.15) is 11.5 Å². The second kappa shape index (κ2) is 6.05. The third-order valence-corrected chi connectivity index (χ3v) is 2.73. The predicted octanol–water partition coefficient (Wildman–Crippen LogP) is 2.26. The normalized spacial score (nSPS) is 10.3. The van der Waals surface area contributed by atoms with E-state index in [1.54, 1.807) is 13.2 Å². The van der Waals surface area contributed by atoms with Crippen molar-refractivity contribution in [3.63, 3.8) is 0 Å². The summed E-state index contributed by atoms with van der Waals surface area (Å²) in [4.78, 5) is 11.0. The summed E-state index contributed by atoms with van der Waals surface area (Å²) in [5.74, 6) is -0.101. The van der Waals surface area contributed by atoms with Gasteiger partial charge in [-0.3, -0.25) is 0 Å². The average Bonchev–Trinajstić information content (AvgIpc) is 2.89. The van der Waals surface area contributed by atoms with Crippen molar-refractivity contribution in [2.24, 2.45) is 0 Å².